The molecule has 4 heterocycles. The highest BCUT2D eigenvalue weighted by molar-refractivity contribution is 6.96. The molecule has 2 atom stereocenters. The molecule has 0 bridgehead atoms. The molecule has 12 rings (SSSR count). The van der Waals surface area contributed by atoms with Crippen molar-refractivity contribution in [1.82, 2.24) is 4.57 Å². The molecular weight excluding hydrogens is 641 g/mol. The quantitative estimate of drug-likeness (QED) is 0.172. The largest absolute Gasteiger partial charge is 0.335 e. The van der Waals surface area contributed by atoms with E-state index >= 15 is 0 Å². The Morgan fingerprint density at radius 3 is 2.08 bits per heavy atom. The lowest BCUT2D eigenvalue weighted by Gasteiger charge is -2.52. The van der Waals surface area contributed by atoms with Gasteiger partial charge in [-0.3, -0.25) is 0 Å². The minimum Gasteiger partial charge on any atom is -0.335 e. The Hall–Kier alpha value is -5.48. The van der Waals surface area contributed by atoms with Crippen LogP contribution >= 0.6 is 0 Å². The highest BCUT2D eigenvalue weighted by Gasteiger charge is 2.64. The summed E-state index contributed by atoms with van der Waals surface area (Å²) in [7, 11) is 0. The molecule has 2 unspecified atom stereocenters. The standard InChI is InChI=1S/C49H42BN3/c1-47(2)37-23-13-11-22-35(37)44-46(47)50-39-26-25-33(51(31-17-7-5-8-18-31)32-19-9-6-10-20-32)29-41(39)52-40-24-14-12-21-34(40)36-30-38-45(42(50)43(36)52)53(44)49(4)28-16-15-27-48(38,49)3/h5-14,17-26,29-30H,15-16,27-28H2,1-4H3. The van der Waals surface area contributed by atoms with Gasteiger partial charge in [0.2, 0.25) is 6.71 Å². The molecule has 53 heavy (non-hydrogen) atoms. The van der Waals surface area contributed by atoms with E-state index in [0.717, 1.165) is 11.4 Å². The number of fused-ring (bicyclic) bond motifs is 13. The van der Waals surface area contributed by atoms with Gasteiger partial charge in [0.25, 0.3) is 0 Å². The Kier molecular flexibility index (Phi) is 5.63. The van der Waals surface area contributed by atoms with Crippen LogP contribution in [0.4, 0.5) is 22.7 Å². The van der Waals surface area contributed by atoms with E-state index in [4.69, 9.17) is 0 Å². The summed E-state index contributed by atoms with van der Waals surface area (Å²) < 4.78 is 2.65. The van der Waals surface area contributed by atoms with Crippen LogP contribution in [-0.4, -0.2) is 16.8 Å². The van der Waals surface area contributed by atoms with E-state index in [1.807, 2.05) is 0 Å². The van der Waals surface area contributed by atoms with Gasteiger partial charge in [-0.05, 0) is 90.3 Å². The number of allylic oxidation sites excluding steroid dienone is 1. The predicted octanol–water partition coefficient (Wildman–Crippen LogP) is 10.8. The summed E-state index contributed by atoms with van der Waals surface area (Å²) in [6.45, 7) is 10.4. The molecule has 0 radical (unpaired) electrons. The lowest BCUT2D eigenvalue weighted by molar-refractivity contribution is 0.195. The fourth-order valence-electron chi connectivity index (χ4n) is 11.9. The minimum absolute atomic E-state index is 0.00138. The number of hydrogen-bond acceptors (Lipinski definition) is 2. The number of rotatable bonds is 3. The summed E-state index contributed by atoms with van der Waals surface area (Å²) in [5.74, 6) is 0. The second kappa shape index (κ2) is 9.93. The number of benzene rings is 6. The van der Waals surface area contributed by atoms with Crippen molar-refractivity contribution in [2.45, 2.75) is 69.7 Å². The van der Waals surface area contributed by atoms with Crippen LogP contribution in [0.15, 0.2) is 139 Å². The first-order chi connectivity index (χ1) is 25.8. The molecule has 5 aliphatic rings. The first kappa shape index (κ1) is 30.0. The van der Waals surface area contributed by atoms with Crippen LogP contribution in [-0.2, 0) is 10.8 Å². The molecule has 0 amide bonds. The maximum Gasteiger partial charge on any atom is 0.248 e. The molecular formula is C49H42BN3. The maximum absolute atomic E-state index is 2.92. The van der Waals surface area contributed by atoms with Crippen molar-refractivity contribution >= 4 is 67.9 Å². The van der Waals surface area contributed by atoms with Crippen molar-refractivity contribution in [3.8, 4) is 5.69 Å². The average Bonchev–Trinajstić information content (AvgIpc) is 3.73. The van der Waals surface area contributed by atoms with E-state index in [9.17, 15) is 0 Å². The molecule has 6 aromatic carbocycles. The average molecular weight is 684 g/mol. The van der Waals surface area contributed by atoms with Crippen molar-refractivity contribution in [1.29, 1.82) is 0 Å². The van der Waals surface area contributed by atoms with Gasteiger partial charge < -0.3 is 14.4 Å². The van der Waals surface area contributed by atoms with Crippen LogP contribution in [0.3, 0.4) is 0 Å². The van der Waals surface area contributed by atoms with Crippen LogP contribution in [0.1, 0.15) is 70.1 Å². The van der Waals surface area contributed by atoms with Gasteiger partial charge in [-0.15, -0.1) is 0 Å². The Balaban J connectivity index is 1.24. The molecule has 2 aliphatic carbocycles. The SMILES string of the molecule is CC1(C)C2=C(c3ccccc31)N1c3c(cc4c5ccccc5n5c4c3B2c2ccc(N(c3ccccc3)c3ccccc3)cc2-5)C2(C)CCCCC12C. The summed E-state index contributed by atoms with van der Waals surface area (Å²) in [5.41, 5.74) is 19.4. The molecule has 3 nitrogen and oxygen atoms in total. The number of aromatic nitrogens is 1. The molecule has 256 valence electrons. The summed E-state index contributed by atoms with van der Waals surface area (Å²) in [4.78, 5) is 5.33. The van der Waals surface area contributed by atoms with Gasteiger partial charge in [-0.25, -0.2) is 0 Å². The Labute approximate surface area is 312 Å². The first-order valence-electron chi connectivity index (χ1n) is 19.6. The molecule has 7 aromatic rings. The third-order valence-electron chi connectivity index (χ3n) is 14.5. The number of nitrogens with zero attached hydrogens (tertiary/aromatic N) is 3. The summed E-state index contributed by atoms with van der Waals surface area (Å²) in [6.07, 6.45) is 5.00. The summed E-state index contributed by atoms with van der Waals surface area (Å²) in [5, 5.41) is 2.77. The topological polar surface area (TPSA) is 11.4 Å². The molecule has 1 fully saturated rings. The summed E-state index contributed by atoms with van der Waals surface area (Å²) in [6, 6.07) is 50.2. The zero-order chi connectivity index (χ0) is 35.4. The minimum atomic E-state index is -0.134. The van der Waals surface area contributed by atoms with E-state index in [1.54, 1.807) is 11.0 Å². The lowest BCUT2D eigenvalue weighted by atomic mass is 9.30. The van der Waals surface area contributed by atoms with Crippen LogP contribution in [0.5, 0.6) is 0 Å². The molecule has 3 aliphatic heterocycles. The Morgan fingerprint density at radius 2 is 1.30 bits per heavy atom. The van der Waals surface area contributed by atoms with Crippen molar-refractivity contribution < 1.29 is 0 Å². The fourth-order valence-corrected chi connectivity index (χ4v) is 11.9. The van der Waals surface area contributed by atoms with Crippen LogP contribution in [0.2, 0.25) is 0 Å². The summed E-state index contributed by atoms with van der Waals surface area (Å²) >= 11 is 0. The smallest absolute Gasteiger partial charge is 0.248 e. The van der Waals surface area contributed by atoms with Crippen LogP contribution in [0.25, 0.3) is 33.2 Å². The second-order valence-electron chi connectivity index (χ2n) is 17.2. The van der Waals surface area contributed by atoms with Crippen LogP contribution in [0, 0.1) is 0 Å². The van der Waals surface area contributed by atoms with E-state index in [2.05, 4.69) is 176 Å². The zero-order valence-corrected chi connectivity index (χ0v) is 30.9. The first-order valence-corrected chi connectivity index (χ1v) is 19.6. The van der Waals surface area contributed by atoms with Crippen LogP contribution < -0.4 is 20.7 Å². The number of hydrogen-bond donors (Lipinski definition) is 0. The van der Waals surface area contributed by atoms with Crippen molar-refractivity contribution in [2.24, 2.45) is 0 Å². The lowest BCUT2D eigenvalue weighted by Crippen LogP contribution is -2.61. The Morgan fingerprint density at radius 1 is 0.623 bits per heavy atom. The Bertz CT molecular complexity index is 2720. The van der Waals surface area contributed by atoms with Gasteiger partial charge in [-0.2, -0.15) is 0 Å². The monoisotopic (exact) mass is 683 g/mol. The van der Waals surface area contributed by atoms with Crippen molar-refractivity contribution in [3.63, 3.8) is 0 Å². The molecule has 0 saturated heterocycles. The van der Waals surface area contributed by atoms with Gasteiger partial charge >= 0.3 is 0 Å². The molecule has 1 saturated carbocycles. The van der Waals surface area contributed by atoms with Gasteiger partial charge in [0.1, 0.15) is 0 Å². The molecule has 4 heteroatoms. The number of anilines is 4. The molecule has 0 spiro atoms. The zero-order valence-electron chi connectivity index (χ0n) is 30.9. The molecule has 1 aromatic heterocycles. The predicted molar refractivity (Wildman–Crippen MR) is 224 cm³/mol. The van der Waals surface area contributed by atoms with Gasteiger partial charge in [0, 0.05) is 61.3 Å². The maximum atomic E-state index is 2.92. The second-order valence-corrected chi connectivity index (χ2v) is 17.2. The number of para-hydroxylation sites is 3. The highest BCUT2D eigenvalue weighted by atomic mass is 15.3. The van der Waals surface area contributed by atoms with Crippen molar-refractivity contribution in [2.75, 3.05) is 9.80 Å². The van der Waals surface area contributed by atoms with Gasteiger partial charge in [-0.1, -0.05) is 124 Å². The van der Waals surface area contributed by atoms with Crippen molar-refractivity contribution in [3.05, 3.63) is 156 Å². The third kappa shape index (κ3) is 3.45. The molecule has 0 N–H and O–H groups in total. The highest BCUT2D eigenvalue weighted by Crippen LogP contribution is 2.65. The van der Waals surface area contributed by atoms with Gasteiger partial charge in [0.15, 0.2) is 0 Å². The van der Waals surface area contributed by atoms with E-state index in [-0.39, 0.29) is 23.1 Å². The van der Waals surface area contributed by atoms with Gasteiger partial charge in [0.05, 0.1) is 16.6 Å². The van der Waals surface area contributed by atoms with E-state index in [0.29, 0.717) is 0 Å². The fraction of sp³-hybridized carbons (Fsp3) is 0.224. The van der Waals surface area contributed by atoms with E-state index in [1.165, 1.54) is 92.3 Å². The third-order valence-corrected chi connectivity index (χ3v) is 14.5. The normalized spacial score (nSPS) is 22.6. The van der Waals surface area contributed by atoms with E-state index < -0.39 is 0 Å².